The number of halogens is 1. The van der Waals surface area contributed by atoms with Crippen LogP contribution in [0.5, 0.6) is 0 Å². The molecule has 0 atom stereocenters. The Bertz CT molecular complexity index is 637. The minimum atomic E-state index is -3.62. The van der Waals surface area contributed by atoms with Gasteiger partial charge in [-0.25, -0.2) is 18.4 Å². The van der Waals surface area contributed by atoms with Crippen LogP contribution in [0.3, 0.4) is 0 Å². The van der Waals surface area contributed by atoms with E-state index in [9.17, 15) is 13.2 Å². The minimum absolute atomic E-state index is 0.00815. The normalized spacial score (nSPS) is 20.5. The highest BCUT2D eigenvalue weighted by molar-refractivity contribution is 7.89. The summed E-state index contributed by atoms with van der Waals surface area (Å²) in [6.45, 7) is 1.46. The Labute approximate surface area is 128 Å². The van der Waals surface area contributed by atoms with E-state index in [0.29, 0.717) is 26.2 Å². The third kappa shape index (κ3) is 3.02. The summed E-state index contributed by atoms with van der Waals surface area (Å²) in [6, 6.07) is 0. The van der Waals surface area contributed by atoms with Crippen LogP contribution < -0.4 is 0 Å². The summed E-state index contributed by atoms with van der Waals surface area (Å²) in [6.07, 6.45) is 4.32. The van der Waals surface area contributed by atoms with E-state index in [1.807, 2.05) is 0 Å². The fourth-order valence-corrected chi connectivity index (χ4v) is 3.73. The molecule has 2 heterocycles. The van der Waals surface area contributed by atoms with Crippen LogP contribution in [0.15, 0.2) is 17.3 Å². The zero-order chi connectivity index (χ0) is 15.0. The van der Waals surface area contributed by atoms with Crippen molar-refractivity contribution in [1.29, 1.82) is 0 Å². The predicted molar refractivity (Wildman–Crippen MR) is 75.1 cm³/mol. The Morgan fingerprint density at radius 3 is 2.24 bits per heavy atom. The molecule has 9 heteroatoms. The van der Waals surface area contributed by atoms with Gasteiger partial charge in [0.1, 0.15) is 4.90 Å². The monoisotopic (exact) mass is 330 g/mol. The Kier molecular flexibility index (Phi) is 3.85. The lowest BCUT2D eigenvalue weighted by Crippen LogP contribution is -2.50. The van der Waals surface area contributed by atoms with E-state index in [-0.39, 0.29) is 22.0 Å². The van der Waals surface area contributed by atoms with Crippen molar-refractivity contribution in [2.75, 3.05) is 26.2 Å². The number of piperazine rings is 1. The molecule has 1 aliphatic carbocycles. The van der Waals surface area contributed by atoms with Gasteiger partial charge in [-0.3, -0.25) is 4.79 Å². The molecule has 0 unspecified atom stereocenters. The number of rotatable bonds is 3. The number of hydrogen-bond acceptors (Lipinski definition) is 5. The lowest BCUT2D eigenvalue weighted by molar-refractivity contribution is -0.133. The lowest BCUT2D eigenvalue weighted by atomic mass is 10.3. The van der Waals surface area contributed by atoms with Crippen molar-refractivity contribution in [3.05, 3.63) is 17.7 Å². The van der Waals surface area contributed by atoms with Crippen molar-refractivity contribution in [1.82, 2.24) is 19.2 Å². The van der Waals surface area contributed by atoms with E-state index >= 15 is 0 Å². The van der Waals surface area contributed by atoms with Crippen LogP contribution in [0.4, 0.5) is 0 Å². The SMILES string of the molecule is O=C(C1CC1)N1CCN(S(=O)(=O)c2cnc(Cl)nc2)CC1. The molecule has 1 saturated carbocycles. The van der Waals surface area contributed by atoms with Gasteiger partial charge >= 0.3 is 0 Å². The highest BCUT2D eigenvalue weighted by Gasteiger charge is 2.36. The van der Waals surface area contributed by atoms with Gasteiger partial charge in [0.15, 0.2) is 0 Å². The summed E-state index contributed by atoms with van der Waals surface area (Å²) >= 11 is 5.56. The average molecular weight is 331 g/mol. The lowest BCUT2D eigenvalue weighted by Gasteiger charge is -2.34. The first-order chi connectivity index (χ1) is 9.98. The molecule has 0 radical (unpaired) electrons. The van der Waals surface area contributed by atoms with Crippen molar-refractivity contribution in [3.8, 4) is 0 Å². The molecule has 0 spiro atoms. The third-order valence-electron chi connectivity index (χ3n) is 3.71. The maximum absolute atomic E-state index is 12.4. The van der Waals surface area contributed by atoms with Crippen LogP contribution in [0.25, 0.3) is 0 Å². The minimum Gasteiger partial charge on any atom is -0.340 e. The van der Waals surface area contributed by atoms with Gasteiger partial charge in [0.05, 0.1) is 12.4 Å². The topological polar surface area (TPSA) is 83.5 Å². The summed E-state index contributed by atoms with van der Waals surface area (Å²) in [5.41, 5.74) is 0. The first-order valence-electron chi connectivity index (χ1n) is 6.75. The van der Waals surface area contributed by atoms with Gasteiger partial charge < -0.3 is 4.90 Å². The Morgan fingerprint density at radius 1 is 1.14 bits per heavy atom. The molecule has 2 aliphatic rings. The smallest absolute Gasteiger partial charge is 0.246 e. The van der Waals surface area contributed by atoms with Gasteiger partial charge in [-0.2, -0.15) is 4.31 Å². The van der Waals surface area contributed by atoms with Gasteiger partial charge in [-0.1, -0.05) is 0 Å². The second-order valence-electron chi connectivity index (χ2n) is 5.19. The number of hydrogen-bond donors (Lipinski definition) is 0. The van der Waals surface area contributed by atoms with Crippen molar-refractivity contribution in [3.63, 3.8) is 0 Å². The molecule has 3 rings (SSSR count). The summed E-state index contributed by atoms with van der Waals surface area (Å²) < 4.78 is 26.2. The Balaban J connectivity index is 1.68. The van der Waals surface area contributed by atoms with E-state index in [0.717, 1.165) is 12.8 Å². The first-order valence-corrected chi connectivity index (χ1v) is 8.57. The Morgan fingerprint density at radius 2 is 1.71 bits per heavy atom. The maximum atomic E-state index is 12.4. The molecule has 1 amide bonds. The third-order valence-corrected chi connectivity index (χ3v) is 5.76. The van der Waals surface area contributed by atoms with Crippen LogP contribution in [0.2, 0.25) is 5.28 Å². The van der Waals surface area contributed by atoms with Crippen molar-refractivity contribution in [2.45, 2.75) is 17.7 Å². The van der Waals surface area contributed by atoms with Gasteiger partial charge in [-0.05, 0) is 24.4 Å². The van der Waals surface area contributed by atoms with Crippen molar-refractivity contribution in [2.24, 2.45) is 5.92 Å². The van der Waals surface area contributed by atoms with Gasteiger partial charge in [0, 0.05) is 32.1 Å². The molecule has 7 nitrogen and oxygen atoms in total. The molecule has 1 saturated heterocycles. The molecule has 1 aliphatic heterocycles. The molecule has 1 aromatic rings. The molecule has 0 N–H and O–H groups in total. The fourth-order valence-electron chi connectivity index (χ4n) is 2.32. The second-order valence-corrected chi connectivity index (χ2v) is 7.47. The quantitative estimate of drug-likeness (QED) is 0.748. The number of carbonyl (C=O) groups is 1. The van der Waals surface area contributed by atoms with Crippen LogP contribution >= 0.6 is 11.6 Å². The molecule has 21 heavy (non-hydrogen) atoms. The zero-order valence-corrected chi connectivity index (χ0v) is 12.8. The van der Waals surface area contributed by atoms with Gasteiger partial charge in [0.25, 0.3) is 0 Å². The van der Waals surface area contributed by atoms with E-state index in [1.165, 1.54) is 16.7 Å². The predicted octanol–water partition coefficient (Wildman–Crippen LogP) is 0.373. The standard InChI is InChI=1S/C12H15ClN4O3S/c13-12-14-7-10(8-15-12)21(19,20)17-5-3-16(4-6-17)11(18)9-1-2-9/h7-9H,1-6H2. The molecule has 114 valence electrons. The van der Waals surface area contributed by atoms with Crippen LogP contribution in [0.1, 0.15) is 12.8 Å². The molecular weight excluding hydrogens is 316 g/mol. The van der Waals surface area contributed by atoms with Crippen LogP contribution in [0, 0.1) is 5.92 Å². The largest absolute Gasteiger partial charge is 0.340 e. The summed E-state index contributed by atoms with van der Waals surface area (Å²) in [5.74, 6) is 0.319. The van der Waals surface area contributed by atoms with Crippen molar-refractivity contribution >= 4 is 27.5 Å². The first kappa shape index (κ1) is 14.7. The number of sulfonamides is 1. The number of aromatic nitrogens is 2. The number of amides is 1. The average Bonchev–Trinajstić information content (AvgIpc) is 3.32. The van der Waals surface area contributed by atoms with E-state index in [2.05, 4.69) is 9.97 Å². The van der Waals surface area contributed by atoms with Gasteiger partial charge in [-0.15, -0.1) is 0 Å². The second kappa shape index (κ2) is 5.51. The summed E-state index contributed by atoms with van der Waals surface area (Å²) in [5, 5.41) is 0.00815. The summed E-state index contributed by atoms with van der Waals surface area (Å²) in [7, 11) is -3.62. The van der Waals surface area contributed by atoms with Crippen molar-refractivity contribution < 1.29 is 13.2 Å². The molecule has 1 aromatic heterocycles. The van der Waals surface area contributed by atoms with E-state index in [4.69, 9.17) is 11.6 Å². The van der Waals surface area contributed by atoms with E-state index in [1.54, 1.807) is 4.90 Å². The Hall–Kier alpha value is -1.25. The van der Waals surface area contributed by atoms with Gasteiger partial charge in [0.2, 0.25) is 21.2 Å². The van der Waals surface area contributed by atoms with Crippen LogP contribution in [-0.2, 0) is 14.8 Å². The number of nitrogens with zero attached hydrogens (tertiary/aromatic N) is 4. The summed E-state index contributed by atoms with van der Waals surface area (Å²) in [4.78, 5) is 21.1. The van der Waals surface area contributed by atoms with E-state index < -0.39 is 10.0 Å². The molecule has 0 bridgehead atoms. The maximum Gasteiger partial charge on any atom is 0.246 e. The molecule has 0 aromatic carbocycles. The number of carbonyl (C=O) groups excluding carboxylic acids is 1. The molecular formula is C12H15ClN4O3S. The van der Waals surface area contributed by atoms with Crippen LogP contribution in [-0.4, -0.2) is 59.7 Å². The molecule has 2 fully saturated rings. The highest BCUT2D eigenvalue weighted by atomic mass is 35.5. The zero-order valence-electron chi connectivity index (χ0n) is 11.3. The highest BCUT2D eigenvalue weighted by Crippen LogP contribution is 2.31. The fraction of sp³-hybridized carbons (Fsp3) is 0.583.